The van der Waals surface area contributed by atoms with Gasteiger partial charge in [0.15, 0.2) is 0 Å². The maximum Gasteiger partial charge on any atom is 0.143 e. The molecule has 0 unspecified atom stereocenters. The number of carbonyl (C=O) groups excluding carboxylic acids is 1. The molecule has 3 aromatic rings. The van der Waals surface area contributed by atoms with Crippen LogP contribution in [0.3, 0.4) is 0 Å². The predicted molar refractivity (Wildman–Crippen MR) is 69.4 cm³/mol. The fraction of sp³-hybridized carbons (Fsp3) is 0. The van der Waals surface area contributed by atoms with E-state index in [-0.39, 0.29) is 25.9 Å². The zero-order valence-electron chi connectivity index (χ0n) is 9.81. The summed E-state index contributed by atoms with van der Waals surface area (Å²) in [6.45, 7) is 0. The van der Waals surface area contributed by atoms with E-state index in [1.54, 1.807) is 6.20 Å². The third-order valence-electron chi connectivity index (χ3n) is 3.37. The molecule has 93 valence electrons. The molecule has 0 spiro atoms. The second-order valence-corrected chi connectivity index (χ2v) is 4.35. The molecule has 1 radical (unpaired) electrons. The predicted octanol–water partition coefficient (Wildman–Crippen LogP) is 3.24. The summed E-state index contributed by atoms with van der Waals surface area (Å²) in [5, 5.41) is 1.05. The summed E-state index contributed by atoms with van der Waals surface area (Å²) < 4.78 is 0. The molecule has 1 aliphatic carbocycles. The minimum absolute atomic E-state index is 0. The monoisotopic (exact) mass is 423 g/mol. The molecule has 0 saturated carbocycles. The van der Waals surface area contributed by atoms with Gasteiger partial charge in [-0.3, -0.25) is 4.98 Å². The molecule has 19 heavy (non-hydrogen) atoms. The molecule has 0 bridgehead atoms. The molecule has 0 saturated heterocycles. The van der Waals surface area contributed by atoms with Crippen molar-refractivity contribution in [1.82, 2.24) is 4.98 Å². The van der Waals surface area contributed by atoms with Crippen LogP contribution in [-0.2, 0) is 20.1 Å². The molecule has 2 aromatic carbocycles. The Hall–Kier alpha value is -1.83. The Labute approximate surface area is 123 Å². The quantitative estimate of drug-likeness (QED) is 0.407. The van der Waals surface area contributed by atoms with Crippen molar-refractivity contribution in [3.8, 4) is 11.1 Å². The Morgan fingerprint density at radius 1 is 1.00 bits per heavy atom. The van der Waals surface area contributed by atoms with Crippen molar-refractivity contribution >= 4 is 16.7 Å². The first-order valence-electron chi connectivity index (χ1n) is 5.80. The van der Waals surface area contributed by atoms with Crippen LogP contribution in [0.4, 0.5) is 0 Å². The Morgan fingerprint density at radius 3 is 2.79 bits per heavy atom. The summed E-state index contributed by atoms with van der Waals surface area (Å²) in [5.41, 5.74) is 4.14. The number of nitrogens with zero attached hydrogens (tertiary/aromatic N) is 1. The average Bonchev–Trinajstić information content (AvgIpc) is 2.73. The second kappa shape index (κ2) is 4.37. The van der Waals surface area contributed by atoms with Crippen LogP contribution in [0.25, 0.3) is 22.0 Å². The number of benzene rings is 2. The molecule has 1 aromatic heterocycles. The summed E-state index contributed by atoms with van der Waals surface area (Å²) in [6.07, 6.45) is 1.76. The summed E-state index contributed by atoms with van der Waals surface area (Å²) in [6, 6.07) is 16.4. The van der Waals surface area contributed by atoms with E-state index in [0.29, 0.717) is 0 Å². The molecule has 1 heterocycles. The fourth-order valence-electron chi connectivity index (χ4n) is 2.57. The summed E-state index contributed by atoms with van der Waals surface area (Å²) in [5.74, 6) is 0.0735. The normalized spacial score (nSPS) is 11.9. The number of hydrogen-bond acceptors (Lipinski definition) is 2. The third kappa shape index (κ3) is 1.59. The van der Waals surface area contributed by atoms with Crippen molar-refractivity contribution in [3.63, 3.8) is 0 Å². The van der Waals surface area contributed by atoms with E-state index in [4.69, 9.17) is 0 Å². The van der Waals surface area contributed by atoms with E-state index >= 15 is 0 Å². The van der Waals surface area contributed by atoms with E-state index in [0.717, 1.165) is 33.2 Å². The first-order chi connectivity index (χ1) is 8.86. The molecule has 2 nitrogen and oxygen atoms in total. The topological polar surface area (TPSA) is 30.0 Å². The molecular weight excluding hydrogens is 414 g/mol. The standard InChI is InChI=1S/C16H8NO.Ir/c18-16-12-6-2-1-5-11(12)14-13(16)8-7-10-4-3-9-17-15(10)14;/h1-4,6-9H;/q-1;. The fourth-order valence-corrected chi connectivity index (χ4v) is 2.57. The van der Waals surface area contributed by atoms with Crippen molar-refractivity contribution in [1.29, 1.82) is 0 Å². The number of ketones is 1. The Balaban J connectivity index is 0.00000110. The van der Waals surface area contributed by atoms with Crippen molar-refractivity contribution < 1.29 is 24.9 Å². The molecule has 0 amide bonds. The van der Waals surface area contributed by atoms with Gasteiger partial charge in [-0.15, -0.1) is 29.8 Å². The Morgan fingerprint density at radius 2 is 1.89 bits per heavy atom. The minimum atomic E-state index is 0. The van der Waals surface area contributed by atoms with E-state index in [1.165, 1.54) is 0 Å². The van der Waals surface area contributed by atoms with Crippen LogP contribution in [0.5, 0.6) is 0 Å². The molecule has 0 N–H and O–H groups in total. The van der Waals surface area contributed by atoms with Gasteiger partial charge in [0.2, 0.25) is 0 Å². The van der Waals surface area contributed by atoms with Gasteiger partial charge in [0.1, 0.15) is 5.78 Å². The minimum Gasteiger partial charge on any atom is -0.301 e. The van der Waals surface area contributed by atoms with Gasteiger partial charge in [-0.05, 0) is 17.0 Å². The first-order valence-corrected chi connectivity index (χ1v) is 5.80. The Kier molecular flexibility index (Phi) is 2.81. The van der Waals surface area contributed by atoms with Gasteiger partial charge in [0, 0.05) is 31.8 Å². The second-order valence-electron chi connectivity index (χ2n) is 4.35. The largest absolute Gasteiger partial charge is 0.301 e. The van der Waals surface area contributed by atoms with Crippen LogP contribution >= 0.6 is 0 Å². The molecular formula is C16H8IrNO-. The smallest absolute Gasteiger partial charge is 0.143 e. The van der Waals surface area contributed by atoms with Crippen LogP contribution < -0.4 is 0 Å². The number of aromatic nitrogens is 1. The molecule has 1 aliphatic rings. The molecule has 0 atom stereocenters. The maximum atomic E-state index is 12.3. The molecule has 4 rings (SSSR count). The van der Waals surface area contributed by atoms with Crippen molar-refractivity contribution in [2.45, 2.75) is 0 Å². The van der Waals surface area contributed by atoms with Gasteiger partial charge in [-0.2, -0.15) is 0 Å². The van der Waals surface area contributed by atoms with Gasteiger partial charge in [0.25, 0.3) is 0 Å². The zero-order chi connectivity index (χ0) is 12.1. The Bertz CT molecular complexity index is 811. The summed E-state index contributed by atoms with van der Waals surface area (Å²) >= 11 is 0. The summed E-state index contributed by atoms with van der Waals surface area (Å²) in [7, 11) is 0. The van der Waals surface area contributed by atoms with Crippen molar-refractivity contribution in [2.75, 3.05) is 0 Å². The SMILES string of the molecule is O=C1c2ccc[c-]c2-c2c1ccc1cccnc21.[Ir]. The van der Waals surface area contributed by atoms with Crippen LogP contribution in [0, 0.1) is 6.07 Å². The van der Waals surface area contributed by atoms with Gasteiger partial charge in [-0.25, -0.2) is 0 Å². The first kappa shape index (κ1) is 12.2. The molecule has 0 fully saturated rings. The van der Waals surface area contributed by atoms with Crippen LogP contribution in [0.1, 0.15) is 15.9 Å². The summed E-state index contributed by atoms with van der Waals surface area (Å²) in [4.78, 5) is 16.7. The number of pyridine rings is 1. The van der Waals surface area contributed by atoms with Gasteiger partial charge < -0.3 is 4.79 Å². The van der Waals surface area contributed by atoms with E-state index in [9.17, 15) is 4.79 Å². The third-order valence-corrected chi connectivity index (χ3v) is 3.37. The van der Waals surface area contributed by atoms with Crippen LogP contribution in [0.2, 0.25) is 0 Å². The van der Waals surface area contributed by atoms with E-state index in [1.807, 2.05) is 42.5 Å². The van der Waals surface area contributed by atoms with E-state index in [2.05, 4.69) is 11.1 Å². The van der Waals surface area contributed by atoms with Crippen LogP contribution in [0.15, 0.2) is 48.7 Å². The van der Waals surface area contributed by atoms with Gasteiger partial charge >= 0.3 is 0 Å². The molecule has 0 aliphatic heterocycles. The number of hydrogen-bond donors (Lipinski definition) is 0. The van der Waals surface area contributed by atoms with Gasteiger partial charge in [0.05, 0.1) is 0 Å². The number of fused-ring (bicyclic) bond motifs is 5. The average molecular weight is 422 g/mol. The van der Waals surface area contributed by atoms with Crippen molar-refractivity contribution in [3.05, 3.63) is 65.9 Å². The van der Waals surface area contributed by atoms with Gasteiger partial charge in [-0.1, -0.05) is 29.3 Å². The van der Waals surface area contributed by atoms with Crippen LogP contribution in [-0.4, -0.2) is 10.8 Å². The zero-order valence-corrected chi connectivity index (χ0v) is 12.2. The number of rotatable bonds is 0. The van der Waals surface area contributed by atoms with Crippen molar-refractivity contribution in [2.24, 2.45) is 0 Å². The number of carbonyl (C=O) groups is 1. The molecule has 3 heteroatoms. The maximum absolute atomic E-state index is 12.3. The van der Waals surface area contributed by atoms with E-state index < -0.39 is 0 Å².